The van der Waals surface area contributed by atoms with Crippen LogP contribution in [0.5, 0.6) is 5.75 Å². The normalized spacial score (nSPS) is 10.6. The predicted molar refractivity (Wildman–Crippen MR) is 138 cm³/mol. The highest BCUT2D eigenvalue weighted by molar-refractivity contribution is 7.18. The van der Waals surface area contributed by atoms with E-state index in [1.165, 1.54) is 6.21 Å². The second-order valence-corrected chi connectivity index (χ2v) is 8.39. The van der Waals surface area contributed by atoms with Gasteiger partial charge in [0.05, 0.1) is 25.0 Å². The average Bonchev–Trinajstić information content (AvgIpc) is 3.19. The van der Waals surface area contributed by atoms with Gasteiger partial charge in [-0.1, -0.05) is 42.5 Å². The minimum Gasteiger partial charge on any atom is -0.489 e. The Bertz CT molecular complexity index is 1240. The minimum absolute atomic E-state index is 0.104. The van der Waals surface area contributed by atoms with E-state index in [0.29, 0.717) is 23.5 Å². The summed E-state index contributed by atoms with van der Waals surface area (Å²) in [5.41, 5.74) is 4.60. The van der Waals surface area contributed by atoms with Gasteiger partial charge in [-0.05, 0) is 49.6 Å². The van der Waals surface area contributed by atoms with Crippen molar-refractivity contribution in [3.63, 3.8) is 0 Å². The zero-order chi connectivity index (χ0) is 25.9. The molecule has 9 nitrogen and oxygen atoms in total. The fraction of sp³-hybridized carbons (Fsp3) is 0.231. The molecule has 10 heteroatoms. The van der Waals surface area contributed by atoms with Crippen LogP contribution >= 0.6 is 11.3 Å². The first-order valence-corrected chi connectivity index (χ1v) is 12.1. The zero-order valence-electron chi connectivity index (χ0n) is 20.2. The van der Waals surface area contributed by atoms with Gasteiger partial charge in [0.15, 0.2) is 0 Å². The topological polar surface area (TPSA) is 115 Å². The highest BCUT2D eigenvalue weighted by atomic mass is 32.1. The van der Waals surface area contributed by atoms with Gasteiger partial charge in [-0.15, -0.1) is 11.3 Å². The Morgan fingerprint density at radius 1 is 0.972 bits per heavy atom. The first-order valence-electron chi connectivity index (χ1n) is 11.3. The number of nitrogens with one attached hydrogen (secondary N) is 2. The van der Waals surface area contributed by atoms with E-state index in [1.807, 2.05) is 48.5 Å². The van der Waals surface area contributed by atoms with E-state index >= 15 is 0 Å². The molecule has 0 aliphatic rings. The Labute approximate surface area is 213 Å². The van der Waals surface area contributed by atoms with Crippen molar-refractivity contribution >= 4 is 40.5 Å². The summed E-state index contributed by atoms with van der Waals surface area (Å²) in [5.74, 6) is -0.564. The molecule has 0 atom stereocenters. The number of anilines is 1. The van der Waals surface area contributed by atoms with Crippen molar-refractivity contribution in [2.45, 2.75) is 27.4 Å². The lowest BCUT2D eigenvalue weighted by molar-refractivity contribution is 0.0527. The molecule has 2 N–H and O–H groups in total. The molecule has 0 saturated heterocycles. The van der Waals surface area contributed by atoms with Gasteiger partial charge in [0.25, 0.3) is 0 Å². The van der Waals surface area contributed by atoms with E-state index in [1.54, 1.807) is 26.8 Å². The largest absolute Gasteiger partial charge is 0.489 e. The van der Waals surface area contributed by atoms with Crippen LogP contribution in [0.15, 0.2) is 59.7 Å². The first kappa shape index (κ1) is 26.4. The van der Waals surface area contributed by atoms with Crippen LogP contribution < -0.4 is 15.5 Å². The molecule has 0 fully saturated rings. The Balaban J connectivity index is 1.65. The number of hydrogen-bond acceptors (Lipinski definition) is 8. The maximum absolute atomic E-state index is 12.5. The summed E-state index contributed by atoms with van der Waals surface area (Å²) in [6, 6.07) is 16.4. The second kappa shape index (κ2) is 13.1. The fourth-order valence-electron chi connectivity index (χ4n) is 3.16. The highest BCUT2D eigenvalue weighted by Crippen LogP contribution is 2.34. The van der Waals surface area contributed by atoms with E-state index < -0.39 is 18.0 Å². The molecule has 36 heavy (non-hydrogen) atoms. The number of carbonyl (C=O) groups excluding carboxylic acids is 3. The zero-order valence-corrected chi connectivity index (χ0v) is 21.0. The number of rotatable bonds is 10. The van der Waals surface area contributed by atoms with E-state index in [-0.39, 0.29) is 28.7 Å². The third kappa shape index (κ3) is 7.16. The molecule has 0 aliphatic heterocycles. The quantitative estimate of drug-likeness (QED) is 0.222. The van der Waals surface area contributed by atoms with Crippen LogP contribution in [0.1, 0.15) is 50.6 Å². The summed E-state index contributed by atoms with van der Waals surface area (Å²) in [4.78, 5) is 37.4. The molecule has 1 aromatic heterocycles. The van der Waals surface area contributed by atoms with Crippen LogP contribution in [0.2, 0.25) is 0 Å². The van der Waals surface area contributed by atoms with Gasteiger partial charge in [-0.2, -0.15) is 5.10 Å². The highest BCUT2D eigenvalue weighted by Gasteiger charge is 2.27. The Kier molecular flexibility index (Phi) is 9.58. The van der Waals surface area contributed by atoms with Crippen LogP contribution in [-0.4, -0.2) is 37.4 Å². The van der Waals surface area contributed by atoms with Gasteiger partial charge < -0.3 is 14.2 Å². The number of nitrogens with zero attached hydrogens (tertiary/aromatic N) is 1. The molecule has 0 unspecified atom stereocenters. The molecule has 3 rings (SSSR count). The molecule has 0 bridgehead atoms. The Morgan fingerprint density at radius 3 is 2.42 bits per heavy atom. The second-order valence-electron chi connectivity index (χ2n) is 7.37. The molecule has 3 aromatic rings. The number of urea groups is 1. The van der Waals surface area contributed by atoms with Crippen molar-refractivity contribution in [3.05, 3.63) is 81.7 Å². The molecule has 0 saturated carbocycles. The lowest BCUT2D eigenvalue weighted by Crippen LogP contribution is -2.24. The van der Waals surface area contributed by atoms with Crippen molar-refractivity contribution in [2.75, 3.05) is 18.5 Å². The van der Waals surface area contributed by atoms with Gasteiger partial charge in [0, 0.05) is 0 Å². The number of hydrazone groups is 1. The van der Waals surface area contributed by atoms with Gasteiger partial charge in [-0.25, -0.2) is 19.8 Å². The van der Waals surface area contributed by atoms with Crippen LogP contribution in [0.3, 0.4) is 0 Å². The monoisotopic (exact) mass is 509 g/mol. The molecule has 188 valence electrons. The molecule has 0 radical (unpaired) electrons. The maximum atomic E-state index is 12.5. The first-order chi connectivity index (χ1) is 17.4. The van der Waals surface area contributed by atoms with Crippen molar-refractivity contribution in [3.8, 4) is 5.75 Å². The van der Waals surface area contributed by atoms with Crippen LogP contribution in [-0.2, 0) is 16.1 Å². The summed E-state index contributed by atoms with van der Waals surface area (Å²) in [5, 5.41) is 6.69. The molecule has 1 heterocycles. The lowest BCUT2D eigenvalue weighted by Gasteiger charge is -2.07. The van der Waals surface area contributed by atoms with Crippen LogP contribution in [0.4, 0.5) is 9.80 Å². The van der Waals surface area contributed by atoms with Crippen molar-refractivity contribution in [1.29, 1.82) is 0 Å². The van der Waals surface area contributed by atoms with E-state index in [9.17, 15) is 14.4 Å². The van der Waals surface area contributed by atoms with Crippen molar-refractivity contribution in [1.82, 2.24) is 5.43 Å². The number of ether oxygens (including phenoxy) is 3. The average molecular weight is 510 g/mol. The maximum Gasteiger partial charge on any atom is 0.348 e. The van der Waals surface area contributed by atoms with E-state index in [0.717, 1.165) is 16.9 Å². The Hall–Kier alpha value is -4.18. The standard InChI is InChI=1S/C26H27N3O6S/c1-4-33-24(30)21-17(3)22(25(31)34-5-2)36-23(21)28-26(32)29-27-15-19-12-9-13-20(14-19)35-16-18-10-7-6-8-11-18/h6-15H,4-5,16H2,1-3H3,(H2,28,29,32). The number of thiophene rings is 1. The summed E-state index contributed by atoms with van der Waals surface area (Å²) < 4.78 is 15.9. The van der Waals surface area contributed by atoms with Crippen molar-refractivity contribution in [2.24, 2.45) is 5.10 Å². The lowest BCUT2D eigenvalue weighted by atomic mass is 10.1. The number of carbonyl (C=O) groups is 3. The van der Waals surface area contributed by atoms with Crippen LogP contribution in [0.25, 0.3) is 0 Å². The van der Waals surface area contributed by atoms with Crippen molar-refractivity contribution < 1.29 is 28.6 Å². The number of hydrogen-bond donors (Lipinski definition) is 2. The molecule has 2 amide bonds. The van der Waals surface area contributed by atoms with Gasteiger partial charge >= 0.3 is 18.0 Å². The molecular formula is C26H27N3O6S. The third-order valence-corrected chi connectivity index (χ3v) is 5.99. The minimum atomic E-state index is -0.690. The third-order valence-electron chi connectivity index (χ3n) is 4.80. The van der Waals surface area contributed by atoms with E-state index in [4.69, 9.17) is 14.2 Å². The molecular weight excluding hydrogens is 482 g/mol. The fourth-order valence-corrected chi connectivity index (χ4v) is 4.25. The van der Waals surface area contributed by atoms with E-state index in [2.05, 4.69) is 15.8 Å². The summed E-state index contributed by atoms with van der Waals surface area (Å²) in [6.45, 7) is 5.71. The molecule has 2 aromatic carbocycles. The van der Waals surface area contributed by atoms with Crippen LogP contribution in [0, 0.1) is 6.92 Å². The van der Waals surface area contributed by atoms with Gasteiger partial charge in [0.1, 0.15) is 22.2 Å². The molecule has 0 spiro atoms. The molecule has 0 aliphatic carbocycles. The summed E-state index contributed by atoms with van der Waals surface area (Å²) in [6.07, 6.45) is 1.46. The number of benzene rings is 2. The summed E-state index contributed by atoms with van der Waals surface area (Å²) >= 11 is 0.936. The van der Waals surface area contributed by atoms with Gasteiger partial charge in [-0.3, -0.25) is 5.32 Å². The van der Waals surface area contributed by atoms with Gasteiger partial charge in [0.2, 0.25) is 0 Å². The number of amides is 2. The SMILES string of the molecule is CCOC(=O)c1sc(NC(=O)NN=Cc2cccc(OCc3ccccc3)c2)c(C(=O)OCC)c1C. The predicted octanol–water partition coefficient (Wildman–Crippen LogP) is 5.14. The number of esters is 2. The summed E-state index contributed by atoms with van der Waals surface area (Å²) in [7, 11) is 0. The Morgan fingerprint density at radius 2 is 1.69 bits per heavy atom. The smallest absolute Gasteiger partial charge is 0.348 e.